The summed E-state index contributed by atoms with van der Waals surface area (Å²) in [5, 5.41) is 17.1. The van der Waals surface area contributed by atoms with E-state index in [1.165, 1.54) is 12.1 Å². The number of aromatic nitrogens is 3. The summed E-state index contributed by atoms with van der Waals surface area (Å²) in [6.45, 7) is 3.89. The number of nitrogens with zero attached hydrogens (tertiary/aromatic N) is 5. The monoisotopic (exact) mass is 777 g/mol. The third-order valence-electron chi connectivity index (χ3n) is 11.1. The number of fused-ring (bicyclic) bond motifs is 1. The van der Waals surface area contributed by atoms with E-state index in [1.54, 1.807) is 17.3 Å². The van der Waals surface area contributed by atoms with E-state index in [4.69, 9.17) is 4.74 Å². The summed E-state index contributed by atoms with van der Waals surface area (Å²) in [5.41, 5.74) is 5.97. The predicted octanol–water partition coefficient (Wildman–Crippen LogP) is 6.22. The average molecular weight is 778 g/mol. The summed E-state index contributed by atoms with van der Waals surface area (Å²) in [5.74, 6) is -1.48. The molecule has 3 saturated heterocycles. The molecular formula is C42H45F2N9O4. The first-order valence-electron chi connectivity index (χ1n) is 19.4. The number of urea groups is 1. The number of benzene rings is 3. The van der Waals surface area contributed by atoms with Gasteiger partial charge in [0.1, 0.15) is 11.6 Å². The average Bonchev–Trinajstić information content (AvgIpc) is 3.59. The molecule has 57 heavy (non-hydrogen) atoms. The second-order valence-corrected chi connectivity index (χ2v) is 15.0. The summed E-state index contributed by atoms with van der Waals surface area (Å²) in [6.07, 6.45) is 7.46. The highest BCUT2D eigenvalue weighted by Crippen LogP contribution is 2.32. The van der Waals surface area contributed by atoms with Crippen LogP contribution in [-0.4, -0.2) is 89.9 Å². The van der Waals surface area contributed by atoms with Crippen molar-refractivity contribution in [3.05, 3.63) is 107 Å². The fourth-order valence-corrected chi connectivity index (χ4v) is 8.05. The zero-order valence-corrected chi connectivity index (χ0v) is 31.7. The fraction of sp³-hybridized carbons (Fsp3) is 0.357. The minimum absolute atomic E-state index is 0.149. The van der Waals surface area contributed by atoms with Crippen molar-refractivity contribution < 1.29 is 27.9 Å². The second-order valence-electron chi connectivity index (χ2n) is 15.0. The smallest absolute Gasteiger partial charge is 0.328 e. The van der Waals surface area contributed by atoms with Gasteiger partial charge < -0.3 is 20.3 Å². The van der Waals surface area contributed by atoms with Crippen LogP contribution in [0, 0.1) is 11.6 Å². The number of carbonyl (C=O) groups is 3. The van der Waals surface area contributed by atoms with Crippen LogP contribution in [0.1, 0.15) is 59.2 Å². The van der Waals surface area contributed by atoms with E-state index in [-0.39, 0.29) is 24.3 Å². The van der Waals surface area contributed by atoms with Crippen LogP contribution in [-0.2, 0) is 22.5 Å². The van der Waals surface area contributed by atoms with E-state index < -0.39 is 17.7 Å². The van der Waals surface area contributed by atoms with E-state index in [9.17, 15) is 23.2 Å². The van der Waals surface area contributed by atoms with Gasteiger partial charge in [-0.25, -0.2) is 13.6 Å². The fourth-order valence-electron chi connectivity index (χ4n) is 8.05. The van der Waals surface area contributed by atoms with Crippen molar-refractivity contribution in [3.8, 4) is 0 Å². The van der Waals surface area contributed by atoms with Crippen LogP contribution in [0.25, 0.3) is 10.9 Å². The van der Waals surface area contributed by atoms with Crippen molar-refractivity contribution in [1.29, 1.82) is 0 Å². The van der Waals surface area contributed by atoms with Crippen molar-refractivity contribution in [2.24, 2.45) is 0 Å². The maximum absolute atomic E-state index is 14.0. The minimum Gasteiger partial charge on any atom is -0.381 e. The lowest BCUT2D eigenvalue weighted by molar-refractivity contribution is -0.120. The van der Waals surface area contributed by atoms with Crippen LogP contribution >= 0.6 is 0 Å². The van der Waals surface area contributed by atoms with Crippen molar-refractivity contribution in [1.82, 2.24) is 25.4 Å². The molecule has 0 unspecified atom stereocenters. The van der Waals surface area contributed by atoms with Gasteiger partial charge >= 0.3 is 6.03 Å². The van der Waals surface area contributed by atoms with Crippen LogP contribution < -0.4 is 25.8 Å². The van der Waals surface area contributed by atoms with Gasteiger partial charge in [-0.1, -0.05) is 6.07 Å². The van der Waals surface area contributed by atoms with Crippen LogP contribution in [0.5, 0.6) is 0 Å². The molecule has 2 aromatic heterocycles. The molecule has 0 bridgehead atoms. The van der Waals surface area contributed by atoms with Crippen LogP contribution in [0.4, 0.5) is 36.5 Å². The van der Waals surface area contributed by atoms with Gasteiger partial charge in [0.15, 0.2) is 5.82 Å². The molecule has 3 aliphatic rings. The Hall–Kier alpha value is -5.93. The number of anilines is 4. The molecular weight excluding hydrogens is 733 g/mol. The number of aromatic amines is 1. The Morgan fingerprint density at radius 3 is 2.51 bits per heavy atom. The Kier molecular flexibility index (Phi) is 11.1. The lowest BCUT2D eigenvalue weighted by Crippen LogP contribution is -2.50. The molecule has 4 amide bonds. The van der Waals surface area contributed by atoms with Crippen molar-refractivity contribution in [2.75, 3.05) is 60.3 Å². The molecule has 4 N–H and O–H groups in total. The lowest BCUT2D eigenvalue weighted by Gasteiger charge is -2.38. The largest absolute Gasteiger partial charge is 0.381 e. The normalized spacial score (nSPS) is 17.0. The molecule has 0 radical (unpaired) electrons. The number of ether oxygens (including phenoxy) is 1. The number of carbonyl (C=O) groups excluding carboxylic acids is 3. The Labute approximate surface area is 328 Å². The number of hydrogen-bond acceptors (Lipinski definition) is 9. The van der Waals surface area contributed by atoms with Crippen LogP contribution in [0.3, 0.4) is 0 Å². The van der Waals surface area contributed by atoms with E-state index in [2.05, 4.69) is 54.0 Å². The molecule has 3 aliphatic heterocycles. The number of rotatable bonds is 11. The topological polar surface area (TPSA) is 148 Å². The molecule has 3 aromatic carbocycles. The van der Waals surface area contributed by atoms with Gasteiger partial charge in [0.25, 0.3) is 5.91 Å². The number of halogens is 2. The molecule has 0 atom stereocenters. The highest BCUT2D eigenvalue weighted by atomic mass is 19.1. The standard InChI is InChI=1S/C42H45F2N9O4/c1-51(25-28-6-12-45-24-38(28)53-15-9-39(54)47-42(53)56)32-7-13-52(14-8-32)33-3-4-34(37(23-33)46-31-10-16-57-17-11-31)41(55)48-40-35-21-26(2-5-36(35)49-50-40)18-27-19-29(43)22-30(44)20-27/h2-6,12,19-24,31-32,46H,7-11,13-18,25H2,1H3,(H,47,54,56)(H2,48,49,50,55). The van der Waals surface area contributed by atoms with Crippen molar-refractivity contribution in [2.45, 2.75) is 57.2 Å². The van der Waals surface area contributed by atoms with E-state index in [0.717, 1.165) is 72.9 Å². The first-order valence-corrected chi connectivity index (χ1v) is 19.4. The number of imide groups is 1. The Bertz CT molecular complexity index is 2270. The molecule has 0 spiro atoms. The summed E-state index contributed by atoms with van der Waals surface area (Å²) < 4.78 is 33.3. The maximum atomic E-state index is 14.0. The summed E-state index contributed by atoms with van der Waals surface area (Å²) >= 11 is 0. The maximum Gasteiger partial charge on any atom is 0.328 e. The highest BCUT2D eigenvalue weighted by molar-refractivity contribution is 6.11. The summed E-state index contributed by atoms with van der Waals surface area (Å²) in [6, 6.07) is 16.9. The van der Waals surface area contributed by atoms with Gasteiger partial charge in [-0.05, 0) is 104 Å². The van der Waals surface area contributed by atoms with Crippen LogP contribution in [0.15, 0.2) is 73.1 Å². The van der Waals surface area contributed by atoms with Gasteiger partial charge in [0.2, 0.25) is 5.91 Å². The zero-order chi connectivity index (χ0) is 39.5. The van der Waals surface area contributed by atoms with Gasteiger partial charge in [-0.15, -0.1) is 0 Å². The molecule has 0 saturated carbocycles. The molecule has 3 fully saturated rings. The zero-order valence-electron chi connectivity index (χ0n) is 31.7. The molecule has 15 heteroatoms. The molecule has 8 rings (SSSR count). The SMILES string of the molecule is CN(Cc1ccncc1N1CCC(=O)NC1=O)C1CCN(c2ccc(C(=O)Nc3n[nH]c4ccc(Cc5cc(F)cc(F)c5)cc34)c(NC3CCOCC3)c2)CC1. The first kappa shape index (κ1) is 38.0. The third-order valence-corrected chi connectivity index (χ3v) is 11.1. The molecule has 13 nitrogen and oxygen atoms in total. The van der Waals surface area contributed by atoms with E-state index >= 15 is 0 Å². The van der Waals surface area contributed by atoms with Gasteiger partial charge in [-0.3, -0.25) is 34.8 Å². The quantitative estimate of drug-likeness (QED) is 0.123. The van der Waals surface area contributed by atoms with E-state index in [0.29, 0.717) is 66.8 Å². The number of piperidine rings is 1. The first-order chi connectivity index (χ1) is 27.7. The van der Waals surface area contributed by atoms with Crippen molar-refractivity contribution in [3.63, 3.8) is 0 Å². The number of pyridine rings is 1. The van der Waals surface area contributed by atoms with E-state index in [1.807, 2.05) is 36.4 Å². The van der Waals surface area contributed by atoms with Crippen LogP contribution in [0.2, 0.25) is 0 Å². The van der Waals surface area contributed by atoms with Crippen molar-refractivity contribution >= 4 is 51.6 Å². The van der Waals surface area contributed by atoms with Gasteiger partial charge in [0.05, 0.1) is 23.0 Å². The Morgan fingerprint density at radius 1 is 0.947 bits per heavy atom. The number of hydrogen-bond donors (Lipinski definition) is 4. The summed E-state index contributed by atoms with van der Waals surface area (Å²) in [4.78, 5) is 48.9. The molecule has 5 aromatic rings. The lowest BCUT2D eigenvalue weighted by atomic mass is 10.0. The predicted molar refractivity (Wildman–Crippen MR) is 214 cm³/mol. The third kappa shape index (κ3) is 8.74. The molecule has 296 valence electrons. The van der Waals surface area contributed by atoms with Gasteiger partial charge in [0, 0.05) is 86.9 Å². The number of nitrogens with one attached hydrogen (secondary N) is 4. The minimum atomic E-state index is -0.630. The Balaban J connectivity index is 0.958. The molecule has 0 aliphatic carbocycles. The second kappa shape index (κ2) is 16.7. The summed E-state index contributed by atoms with van der Waals surface area (Å²) in [7, 11) is 2.10. The van der Waals surface area contributed by atoms with Gasteiger partial charge in [-0.2, -0.15) is 5.10 Å². The number of amides is 4. The molecule has 5 heterocycles. The number of H-pyrrole nitrogens is 1. The Morgan fingerprint density at radius 2 is 1.74 bits per heavy atom. The highest BCUT2D eigenvalue weighted by Gasteiger charge is 2.29.